The number of rotatable bonds is 4. The molecule has 0 atom stereocenters. The van der Waals surface area contributed by atoms with Gasteiger partial charge in [-0.15, -0.1) is 0 Å². The molecule has 0 saturated heterocycles. The van der Waals surface area contributed by atoms with Gasteiger partial charge in [0, 0.05) is 11.7 Å². The van der Waals surface area contributed by atoms with Crippen molar-refractivity contribution >= 4 is 17.7 Å². The topological polar surface area (TPSA) is 54.9 Å². The normalized spacial score (nSPS) is 16.3. The Morgan fingerprint density at radius 2 is 2.11 bits per heavy atom. The Morgan fingerprint density at radius 1 is 1.37 bits per heavy atom. The monoisotopic (exact) mass is 279 g/mol. The van der Waals surface area contributed by atoms with Crippen LogP contribution in [-0.2, 0) is 0 Å². The molecule has 1 aromatic rings. The third-order valence-electron chi connectivity index (χ3n) is 3.28. The number of thioether (sulfide) groups is 1. The molecule has 1 saturated carbocycles. The minimum atomic E-state index is -0.0599. The van der Waals surface area contributed by atoms with Gasteiger partial charge in [0.15, 0.2) is 5.16 Å². The Balaban J connectivity index is 2.05. The van der Waals surface area contributed by atoms with Crippen LogP contribution in [0.2, 0.25) is 0 Å². The Hall–Kier alpha value is -1.10. The summed E-state index contributed by atoms with van der Waals surface area (Å²) in [5.41, 5.74) is 1.34. The van der Waals surface area contributed by atoms with Crippen molar-refractivity contribution in [3.63, 3.8) is 0 Å². The molecule has 104 valence electrons. The highest BCUT2D eigenvalue weighted by molar-refractivity contribution is 7.99. The summed E-state index contributed by atoms with van der Waals surface area (Å²) in [4.78, 5) is 20.9. The molecule has 5 heteroatoms. The second-order valence-electron chi connectivity index (χ2n) is 4.92. The molecule has 1 amide bonds. The van der Waals surface area contributed by atoms with Crippen molar-refractivity contribution in [2.45, 2.75) is 57.1 Å². The molecule has 1 N–H and O–H groups in total. The molecule has 1 aliphatic carbocycles. The predicted octanol–water partition coefficient (Wildman–Crippen LogP) is 2.96. The Bertz CT molecular complexity index is 444. The van der Waals surface area contributed by atoms with Crippen molar-refractivity contribution < 1.29 is 4.79 Å². The molecule has 0 radical (unpaired) electrons. The third kappa shape index (κ3) is 4.20. The number of carbonyl (C=O) groups is 1. The van der Waals surface area contributed by atoms with Gasteiger partial charge in [0.25, 0.3) is 5.91 Å². The van der Waals surface area contributed by atoms with Crippen LogP contribution < -0.4 is 5.32 Å². The maximum Gasteiger partial charge on any atom is 0.270 e. The van der Waals surface area contributed by atoms with Crippen molar-refractivity contribution in [2.24, 2.45) is 0 Å². The summed E-state index contributed by atoms with van der Waals surface area (Å²) in [5, 5.41) is 3.78. The van der Waals surface area contributed by atoms with E-state index in [0.717, 1.165) is 24.3 Å². The number of nitrogens with zero attached hydrogens (tertiary/aromatic N) is 2. The van der Waals surface area contributed by atoms with Crippen LogP contribution in [0.15, 0.2) is 11.2 Å². The molecule has 0 unspecified atom stereocenters. The maximum atomic E-state index is 12.2. The highest BCUT2D eigenvalue weighted by Gasteiger charge is 2.18. The zero-order valence-electron chi connectivity index (χ0n) is 11.6. The second-order valence-corrected chi connectivity index (χ2v) is 6.15. The standard InChI is InChI=1S/C14H21N3OS/c1-3-19-14-15-10(2)9-12(17-14)13(18)16-11-7-5-4-6-8-11/h9,11H,3-8H2,1-2H3,(H,16,18). The first kappa shape index (κ1) is 14.3. The van der Waals surface area contributed by atoms with Crippen LogP contribution in [-0.4, -0.2) is 27.7 Å². The molecular weight excluding hydrogens is 258 g/mol. The molecule has 1 aliphatic rings. The summed E-state index contributed by atoms with van der Waals surface area (Å²) in [6.45, 7) is 3.96. The van der Waals surface area contributed by atoms with E-state index >= 15 is 0 Å². The minimum Gasteiger partial charge on any atom is -0.348 e. The number of aryl methyl sites for hydroxylation is 1. The van der Waals surface area contributed by atoms with Gasteiger partial charge in [-0.25, -0.2) is 9.97 Å². The molecule has 4 nitrogen and oxygen atoms in total. The molecule has 0 aliphatic heterocycles. The Labute approximate surface area is 118 Å². The van der Waals surface area contributed by atoms with E-state index in [1.807, 2.05) is 6.92 Å². The number of amides is 1. The summed E-state index contributed by atoms with van der Waals surface area (Å²) in [7, 11) is 0. The number of carbonyl (C=O) groups excluding carboxylic acids is 1. The lowest BCUT2D eigenvalue weighted by atomic mass is 9.95. The molecule has 2 rings (SSSR count). The van der Waals surface area contributed by atoms with Crippen LogP contribution in [0.5, 0.6) is 0 Å². The predicted molar refractivity (Wildman–Crippen MR) is 77.5 cm³/mol. The fourth-order valence-electron chi connectivity index (χ4n) is 2.36. The fourth-order valence-corrected chi connectivity index (χ4v) is 2.99. The lowest BCUT2D eigenvalue weighted by molar-refractivity contribution is 0.0921. The van der Waals surface area contributed by atoms with Gasteiger partial charge in [-0.3, -0.25) is 4.79 Å². The average molecular weight is 279 g/mol. The third-order valence-corrected chi connectivity index (χ3v) is 4.01. The van der Waals surface area contributed by atoms with Crippen molar-refractivity contribution in [2.75, 3.05) is 5.75 Å². The summed E-state index contributed by atoms with van der Waals surface area (Å²) >= 11 is 1.56. The first-order valence-corrected chi connectivity index (χ1v) is 7.97. The van der Waals surface area contributed by atoms with E-state index in [1.165, 1.54) is 19.3 Å². The summed E-state index contributed by atoms with van der Waals surface area (Å²) in [6.07, 6.45) is 5.89. The minimum absolute atomic E-state index is 0.0599. The zero-order chi connectivity index (χ0) is 13.7. The molecule has 19 heavy (non-hydrogen) atoms. The van der Waals surface area contributed by atoms with Crippen LogP contribution in [0.1, 0.15) is 55.2 Å². The van der Waals surface area contributed by atoms with E-state index < -0.39 is 0 Å². The molecule has 0 bridgehead atoms. The van der Waals surface area contributed by atoms with Gasteiger partial charge in [0.05, 0.1) is 0 Å². The fraction of sp³-hybridized carbons (Fsp3) is 0.643. The van der Waals surface area contributed by atoms with Crippen molar-refractivity contribution in [1.82, 2.24) is 15.3 Å². The molecule has 1 heterocycles. The van der Waals surface area contributed by atoms with Gasteiger partial charge in [-0.1, -0.05) is 37.9 Å². The highest BCUT2D eigenvalue weighted by Crippen LogP contribution is 2.18. The second kappa shape index (κ2) is 6.89. The molecular formula is C14H21N3OS. The van der Waals surface area contributed by atoms with Gasteiger partial charge < -0.3 is 5.32 Å². The van der Waals surface area contributed by atoms with Crippen molar-refractivity contribution in [3.05, 3.63) is 17.5 Å². The lowest BCUT2D eigenvalue weighted by Gasteiger charge is -2.22. The van der Waals surface area contributed by atoms with Crippen LogP contribution >= 0.6 is 11.8 Å². The lowest BCUT2D eigenvalue weighted by Crippen LogP contribution is -2.36. The molecule has 0 aromatic carbocycles. The van der Waals surface area contributed by atoms with E-state index in [0.29, 0.717) is 16.9 Å². The smallest absolute Gasteiger partial charge is 0.270 e. The Morgan fingerprint density at radius 3 is 2.79 bits per heavy atom. The van der Waals surface area contributed by atoms with E-state index in [-0.39, 0.29) is 5.91 Å². The number of nitrogens with one attached hydrogen (secondary N) is 1. The van der Waals surface area contributed by atoms with Gasteiger partial charge in [0.2, 0.25) is 0 Å². The number of hydrogen-bond donors (Lipinski definition) is 1. The summed E-state index contributed by atoms with van der Waals surface area (Å²) in [6, 6.07) is 2.08. The van der Waals surface area contributed by atoms with Crippen molar-refractivity contribution in [3.8, 4) is 0 Å². The van der Waals surface area contributed by atoms with Crippen LogP contribution in [0, 0.1) is 6.92 Å². The van der Waals surface area contributed by atoms with Gasteiger partial charge in [-0.2, -0.15) is 0 Å². The highest BCUT2D eigenvalue weighted by atomic mass is 32.2. The van der Waals surface area contributed by atoms with Crippen LogP contribution in [0.4, 0.5) is 0 Å². The van der Waals surface area contributed by atoms with E-state index in [9.17, 15) is 4.79 Å². The van der Waals surface area contributed by atoms with E-state index in [4.69, 9.17) is 0 Å². The van der Waals surface area contributed by atoms with Gasteiger partial charge in [0.1, 0.15) is 5.69 Å². The number of aromatic nitrogens is 2. The van der Waals surface area contributed by atoms with Crippen LogP contribution in [0.25, 0.3) is 0 Å². The summed E-state index contributed by atoms with van der Waals surface area (Å²) < 4.78 is 0. The van der Waals surface area contributed by atoms with Gasteiger partial charge in [-0.05, 0) is 31.6 Å². The van der Waals surface area contributed by atoms with E-state index in [1.54, 1.807) is 17.8 Å². The quantitative estimate of drug-likeness (QED) is 0.680. The van der Waals surface area contributed by atoms with E-state index in [2.05, 4.69) is 22.2 Å². The molecule has 1 fully saturated rings. The van der Waals surface area contributed by atoms with Crippen molar-refractivity contribution in [1.29, 1.82) is 0 Å². The Kier molecular flexibility index (Phi) is 5.19. The molecule has 0 spiro atoms. The largest absolute Gasteiger partial charge is 0.348 e. The molecule has 1 aromatic heterocycles. The SMILES string of the molecule is CCSc1nc(C)cc(C(=O)NC2CCCCC2)n1. The maximum absolute atomic E-state index is 12.2. The first-order chi connectivity index (χ1) is 9.19. The van der Waals surface area contributed by atoms with Gasteiger partial charge >= 0.3 is 0 Å². The summed E-state index contributed by atoms with van der Waals surface area (Å²) in [5.74, 6) is 0.850. The zero-order valence-corrected chi connectivity index (χ0v) is 12.4. The van der Waals surface area contributed by atoms with Crippen LogP contribution in [0.3, 0.4) is 0 Å². The number of hydrogen-bond acceptors (Lipinski definition) is 4. The average Bonchev–Trinajstić information content (AvgIpc) is 2.39. The first-order valence-electron chi connectivity index (χ1n) is 6.98.